The van der Waals surface area contributed by atoms with Crippen LogP contribution in [-0.4, -0.2) is 11.1 Å². The molecule has 1 aromatic carbocycles. The van der Waals surface area contributed by atoms with Crippen molar-refractivity contribution in [1.29, 1.82) is 0 Å². The van der Waals surface area contributed by atoms with E-state index in [-0.39, 0.29) is 0 Å². The molecule has 1 aromatic heterocycles. The van der Waals surface area contributed by atoms with Crippen LogP contribution in [0.2, 0.25) is 0 Å². The van der Waals surface area contributed by atoms with Crippen molar-refractivity contribution in [3.63, 3.8) is 0 Å². The van der Waals surface area contributed by atoms with Crippen LogP contribution < -0.4 is 5.73 Å². The van der Waals surface area contributed by atoms with E-state index in [0.717, 1.165) is 25.9 Å². The van der Waals surface area contributed by atoms with Crippen molar-refractivity contribution in [3.8, 4) is 0 Å². The Morgan fingerprint density at radius 2 is 1.75 bits per heavy atom. The van der Waals surface area contributed by atoms with Crippen molar-refractivity contribution in [2.75, 3.05) is 6.54 Å². The summed E-state index contributed by atoms with van der Waals surface area (Å²) < 4.78 is 2.29. The van der Waals surface area contributed by atoms with E-state index in [0.29, 0.717) is 0 Å². The molecule has 0 radical (unpaired) electrons. The van der Waals surface area contributed by atoms with Crippen LogP contribution in [0.5, 0.6) is 0 Å². The Kier molecular flexibility index (Phi) is 3.78. The van der Waals surface area contributed by atoms with E-state index >= 15 is 0 Å². The zero-order valence-corrected chi connectivity index (χ0v) is 9.47. The molecule has 0 unspecified atom stereocenters. The maximum absolute atomic E-state index is 5.58. The molecule has 2 nitrogen and oxygen atoms in total. The molecule has 0 amide bonds. The zero-order valence-electron chi connectivity index (χ0n) is 9.47. The van der Waals surface area contributed by atoms with Gasteiger partial charge < -0.3 is 10.3 Å². The molecule has 0 saturated carbocycles. The molecule has 2 heteroatoms. The standard InChI is InChI=1S/C14H18N2/c15-10-8-14-7-4-11-16(14)12-9-13-5-2-1-3-6-13/h1-7,11H,8-10,12,15H2. The molecule has 2 aromatic rings. The maximum Gasteiger partial charge on any atom is 0.0262 e. The van der Waals surface area contributed by atoms with Gasteiger partial charge in [0.05, 0.1) is 0 Å². The van der Waals surface area contributed by atoms with E-state index in [1.54, 1.807) is 0 Å². The maximum atomic E-state index is 5.58. The quantitative estimate of drug-likeness (QED) is 0.813. The van der Waals surface area contributed by atoms with Crippen molar-refractivity contribution in [1.82, 2.24) is 4.57 Å². The van der Waals surface area contributed by atoms with Crippen LogP contribution in [0, 0.1) is 0 Å². The fraction of sp³-hybridized carbons (Fsp3) is 0.286. The van der Waals surface area contributed by atoms with Crippen LogP contribution in [0.3, 0.4) is 0 Å². The first kappa shape index (κ1) is 11.0. The van der Waals surface area contributed by atoms with Gasteiger partial charge in [0.25, 0.3) is 0 Å². The fourth-order valence-electron chi connectivity index (χ4n) is 1.94. The molecule has 0 saturated heterocycles. The van der Waals surface area contributed by atoms with Gasteiger partial charge in [0, 0.05) is 18.4 Å². The Bertz CT molecular complexity index is 417. The first-order chi connectivity index (χ1) is 7.90. The van der Waals surface area contributed by atoms with Gasteiger partial charge in [0.15, 0.2) is 0 Å². The first-order valence-corrected chi connectivity index (χ1v) is 5.78. The molecule has 84 valence electrons. The van der Waals surface area contributed by atoms with Crippen LogP contribution in [0.25, 0.3) is 0 Å². The largest absolute Gasteiger partial charge is 0.351 e. The van der Waals surface area contributed by atoms with Crippen LogP contribution in [0.1, 0.15) is 11.3 Å². The Morgan fingerprint density at radius 1 is 0.938 bits per heavy atom. The molecule has 0 aliphatic rings. The highest BCUT2D eigenvalue weighted by molar-refractivity contribution is 5.15. The molecule has 0 bridgehead atoms. The van der Waals surface area contributed by atoms with E-state index in [4.69, 9.17) is 5.73 Å². The summed E-state index contributed by atoms with van der Waals surface area (Å²) in [7, 11) is 0. The molecule has 0 atom stereocenters. The molecule has 2 N–H and O–H groups in total. The second-order valence-corrected chi connectivity index (χ2v) is 3.97. The summed E-state index contributed by atoms with van der Waals surface area (Å²) in [5.74, 6) is 0. The lowest BCUT2D eigenvalue weighted by molar-refractivity contribution is 0.661. The van der Waals surface area contributed by atoms with E-state index in [1.807, 2.05) is 0 Å². The number of rotatable bonds is 5. The summed E-state index contributed by atoms with van der Waals surface area (Å²) in [5.41, 5.74) is 8.30. The minimum absolute atomic E-state index is 0.718. The predicted octanol–water partition coefficient (Wildman–Crippen LogP) is 2.23. The molecule has 1 heterocycles. The van der Waals surface area contributed by atoms with Gasteiger partial charge in [-0.1, -0.05) is 30.3 Å². The lowest BCUT2D eigenvalue weighted by Gasteiger charge is -2.08. The van der Waals surface area contributed by atoms with Crippen molar-refractivity contribution in [2.24, 2.45) is 5.73 Å². The normalized spacial score (nSPS) is 10.6. The van der Waals surface area contributed by atoms with Crippen LogP contribution in [0.4, 0.5) is 0 Å². The number of aromatic nitrogens is 1. The van der Waals surface area contributed by atoms with E-state index in [1.165, 1.54) is 11.3 Å². The monoisotopic (exact) mass is 214 g/mol. The Balaban J connectivity index is 1.97. The number of aryl methyl sites for hydroxylation is 2. The first-order valence-electron chi connectivity index (χ1n) is 5.78. The third-order valence-corrected chi connectivity index (χ3v) is 2.81. The summed E-state index contributed by atoms with van der Waals surface area (Å²) in [6.07, 6.45) is 4.17. The number of hydrogen-bond donors (Lipinski definition) is 1. The lowest BCUT2D eigenvalue weighted by atomic mass is 10.1. The van der Waals surface area contributed by atoms with Crippen LogP contribution in [-0.2, 0) is 19.4 Å². The average Bonchev–Trinajstić information content (AvgIpc) is 2.76. The molecular formula is C14H18N2. The summed E-state index contributed by atoms with van der Waals surface area (Å²) in [5, 5.41) is 0. The van der Waals surface area contributed by atoms with Gasteiger partial charge in [-0.25, -0.2) is 0 Å². The van der Waals surface area contributed by atoms with E-state index < -0.39 is 0 Å². The number of nitrogens with zero attached hydrogens (tertiary/aromatic N) is 1. The lowest BCUT2D eigenvalue weighted by Crippen LogP contribution is -2.09. The second kappa shape index (κ2) is 5.52. The van der Waals surface area contributed by atoms with E-state index in [9.17, 15) is 0 Å². The third kappa shape index (κ3) is 2.74. The molecule has 0 aliphatic heterocycles. The van der Waals surface area contributed by atoms with Crippen LogP contribution >= 0.6 is 0 Å². The minimum atomic E-state index is 0.718. The average molecular weight is 214 g/mol. The van der Waals surface area contributed by atoms with Crippen molar-refractivity contribution in [2.45, 2.75) is 19.4 Å². The van der Waals surface area contributed by atoms with Crippen LogP contribution in [0.15, 0.2) is 48.7 Å². The molecule has 0 fully saturated rings. The van der Waals surface area contributed by atoms with Gasteiger partial charge in [-0.05, 0) is 37.1 Å². The minimum Gasteiger partial charge on any atom is -0.351 e. The highest BCUT2D eigenvalue weighted by Gasteiger charge is 1.99. The highest BCUT2D eigenvalue weighted by Crippen LogP contribution is 2.06. The number of nitrogens with two attached hydrogens (primary N) is 1. The summed E-state index contributed by atoms with van der Waals surface area (Å²) in [6.45, 7) is 1.75. The Morgan fingerprint density at radius 3 is 2.50 bits per heavy atom. The number of hydrogen-bond acceptors (Lipinski definition) is 1. The van der Waals surface area contributed by atoms with Gasteiger partial charge in [-0.15, -0.1) is 0 Å². The Labute approximate surface area is 96.7 Å². The fourth-order valence-corrected chi connectivity index (χ4v) is 1.94. The van der Waals surface area contributed by atoms with Crippen molar-refractivity contribution in [3.05, 3.63) is 59.9 Å². The molecule has 16 heavy (non-hydrogen) atoms. The number of benzene rings is 1. The molecule has 0 aliphatic carbocycles. The van der Waals surface area contributed by atoms with Gasteiger partial charge in [0.2, 0.25) is 0 Å². The molecular weight excluding hydrogens is 196 g/mol. The van der Waals surface area contributed by atoms with Gasteiger partial charge in [-0.3, -0.25) is 0 Å². The Hall–Kier alpha value is -1.54. The predicted molar refractivity (Wildman–Crippen MR) is 67.3 cm³/mol. The zero-order chi connectivity index (χ0) is 11.2. The third-order valence-electron chi connectivity index (χ3n) is 2.81. The van der Waals surface area contributed by atoms with Gasteiger partial charge in [0.1, 0.15) is 0 Å². The summed E-state index contributed by atoms with van der Waals surface area (Å²) in [6, 6.07) is 14.8. The van der Waals surface area contributed by atoms with Crippen molar-refractivity contribution >= 4 is 0 Å². The topological polar surface area (TPSA) is 30.9 Å². The van der Waals surface area contributed by atoms with Gasteiger partial charge >= 0.3 is 0 Å². The van der Waals surface area contributed by atoms with Gasteiger partial charge in [-0.2, -0.15) is 0 Å². The summed E-state index contributed by atoms with van der Waals surface area (Å²) in [4.78, 5) is 0. The van der Waals surface area contributed by atoms with E-state index in [2.05, 4.69) is 53.2 Å². The molecule has 0 spiro atoms. The highest BCUT2D eigenvalue weighted by atomic mass is 15.0. The second-order valence-electron chi connectivity index (χ2n) is 3.97. The summed E-state index contributed by atoms with van der Waals surface area (Å²) >= 11 is 0. The smallest absolute Gasteiger partial charge is 0.0262 e. The van der Waals surface area contributed by atoms with Crippen molar-refractivity contribution < 1.29 is 0 Å². The molecule has 2 rings (SSSR count). The SMILES string of the molecule is NCCc1cccn1CCc1ccccc1.